The van der Waals surface area contributed by atoms with E-state index >= 15 is 0 Å². The molecule has 0 aromatic carbocycles. The fourth-order valence-electron chi connectivity index (χ4n) is 0.477. The van der Waals surface area contributed by atoms with Gasteiger partial charge >= 0.3 is 11.3 Å². The number of ether oxygens (including phenoxy) is 2. The molecule has 9 nitrogen and oxygen atoms in total. The van der Waals surface area contributed by atoms with E-state index in [0.29, 0.717) is 0 Å². The zero-order valence-electron chi connectivity index (χ0n) is 19.6. The molecule has 0 fully saturated rings. The molecule has 0 bridgehead atoms. The fraction of sp³-hybridized carbons (Fsp3) is 0.588. The number of carbonyl (C=O) groups excluding carboxylic acids is 7. The Hall–Kier alpha value is -0.610. The number of rotatable bonds is 1. The molecule has 0 heterocycles. The van der Waals surface area contributed by atoms with Crippen molar-refractivity contribution in [3.63, 3.8) is 0 Å². The molecule has 0 amide bonds. The molecule has 15 heteroatoms. The highest BCUT2D eigenvalue weighted by molar-refractivity contribution is 8.38. The summed E-state index contributed by atoms with van der Waals surface area (Å²) in [5.74, 6) is -1.18. The van der Waals surface area contributed by atoms with Crippen LogP contribution >= 0.6 is 70.6 Å². The van der Waals surface area contributed by atoms with Crippen molar-refractivity contribution < 1.29 is 43.0 Å². The van der Waals surface area contributed by atoms with Crippen molar-refractivity contribution >= 4 is 107 Å². The van der Waals surface area contributed by atoms with Crippen LogP contribution in [0.2, 0.25) is 0 Å². The summed E-state index contributed by atoms with van der Waals surface area (Å²) >= 11 is 6.59. The van der Waals surface area contributed by atoms with Crippen LogP contribution < -0.4 is 0 Å². The van der Waals surface area contributed by atoms with Gasteiger partial charge in [-0.3, -0.25) is 24.0 Å². The average Bonchev–Trinajstić information content (AvgIpc) is 2.82. The van der Waals surface area contributed by atoms with Crippen LogP contribution in [0.5, 0.6) is 0 Å². The van der Waals surface area contributed by atoms with Crippen molar-refractivity contribution in [3.05, 3.63) is 0 Å². The molecule has 0 saturated carbocycles. The van der Waals surface area contributed by atoms with Gasteiger partial charge in [-0.1, -0.05) is 58.8 Å². The Morgan fingerprint density at radius 3 is 0.938 bits per heavy atom. The minimum atomic E-state index is -0.794. The standard InChI is InChI=1S/C4H6O3S.C4H6O2S.C3H6O2S.C3H6OS2.C3H6OS/c1-7-3(5)4(6)8-2;1-3(5)4(6)7-2;2*1-5-3(4)6-2;1-3(4)5-2/h1-2H3;1-2H3;2*1-2H3;1-2H3. The van der Waals surface area contributed by atoms with Gasteiger partial charge in [0.2, 0.25) is 10.2 Å². The third kappa shape index (κ3) is 43.3. The molecule has 0 aliphatic carbocycles. The van der Waals surface area contributed by atoms with E-state index in [0.717, 1.165) is 35.3 Å². The Morgan fingerprint density at radius 1 is 0.531 bits per heavy atom. The van der Waals surface area contributed by atoms with Crippen LogP contribution in [0.15, 0.2) is 0 Å². The maximum absolute atomic E-state index is 10.2. The summed E-state index contributed by atoms with van der Waals surface area (Å²) in [6.07, 6.45) is 10.1. The lowest BCUT2D eigenvalue weighted by Gasteiger charge is -1.90. The van der Waals surface area contributed by atoms with Gasteiger partial charge in [-0.2, -0.15) is 0 Å². The zero-order valence-corrected chi connectivity index (χ0v) is 24.5. The molecule has 0 aliphatic rings. The SMILES string of the molecule is COC(=O)C(=O)SC.COC(=O)SC.CSC(=O)C(C)=O.CSC(=O)SC.CSC(C)=O. The molecule has 0 unspecified atom stereocenters. The third-order valence-electron chi connectivity index (χ3n) is 1.96. The van der Waals surface area contributed by atoms with Gasteiger partial charge in [-0.15, -0.1) is 0 Å². The molecule has 32 heavy (non-hydrogen) atoms. The van der Waals surface area contributed by atoms with E-state index in [1.807, 2.05) is 0 Å². The second kappa shape index (κ2) is 32.6. The molecule has 0 saturated heterocycles. The Labute approximate surface area is 215 Å². The Balaban J connectivity index is -0.0000000958. The van der Waals surface area contributed by atoms with E-state index in [1.165, 1.54) is 62.7 Å². The van der Waals surface area contributed by atoms with Crippen LogP contribution in [0.25, 0.3) is 0 Å². The quantitative estimate of drug-likeness (QED) is 0.325. The molecule has 0 rings (SSSR count). The van der Waals surface area contributed by atoms with Crippen molar-refractivity contribution in [1.82, 2.24) is 0 Å². The topological polar surface area (TPSA) is 138 Å². The summed E-state index contributed by atoms with van der Waals surface area (Å²) in [5.41, 5.74) is 0. The predicted octanol–water partition coefficient (Wildman–Crippen LogP) is 4.36. The van der Waals surface area contributed by atoms with Crippen molar-refractivity contribution in [1.29, 1.82) is 0 Å². The monoisotopic (exact) mass is 570 g/mol. The number of ketones is 1. The normalized spacial score (nSPS) is 8.06. The number of hydrogen-bond acceptors (Lipinski definition) is 15. The number of carbonyl (C=O) groups is 7. The van der Waals surface area contributed by atoms with Crippen LogP contribution in [-0.2, 0) is 33.4 Å². The molecule has 0 aromatic rings. The van der Waals surface area contributed by atoms with E-state index in [2.05, 4.69) is 9.47 Å². The molecule has 0 radical (unpaired) electrons. The average molecular weight is 571 g/mol. The van der Waals surface area contributed by atoms with Crippen LogP contribution in [0.4, 0.5) is 9.59 Å². The first-order valence-electron chi connectivity index (χ1n) is 7.83. The first kappa shape index (κ1) is 41.6. The highest BCUT2D eigenvalue weighted by Crippen LogP contribution is 2.07. The van der Waals surface area contributed by atoms with Gasteiger partial charge in [0.1, 0.15) is 0 Å². The summed E-state index contributed by atoms with van der Waals surface area (Å²) in [6, 6.07) is 0. The summed E-state index contributed by atoms with van der Waals surface area (Å²) in [6.45, 7) is 2.81. The Bertz CT molecular complexity index is 541. The second-order valence-corrected chi connectivity index (χ2v) is 9.14. The molecule has 0 aromatic heterocycles. The highest BCUT2D eigenvalue weighted by atomic mass is 32.2. The smallest absolute Gasteiger partial charge is 0.385 e. The maximum Gasteiger partial charge on any atom is 0.385 e. The second-order valence-electron chi connectivity index (χ2n) is 4.04. The molecule has 0 N–H and O–H groups in total. The highest BCUT2D eigenvalue weighted by Gasteiger charge is 2.10. The maximum atomic E-state index is 10.2. The molecule has 188 valence electrons. The summed E-state index contributed by atoms with van der Waals surface area (Å²) in [5, 5.41) is -1.01. The number of esters is 1. The largest absolute Gasteiger partial charge is 0.463 e. The van der Waals surface area contributed by atoms with E-state index in [4.69, 9.17) is 0 Å². The first-order valence-corrected chi connectivity index (χ1v) is 15.2. The van der Waals surface area contributed by atoms with Gasteiger partial charge in [0.15, 0.2) is 5.12 Å². The third-order valence-corrected chi connectivity index (χ3v) is 5.90. The van der Waals surface area contributed by atoms with Gasteiger partial charge in [0.25, 0.3) is 10.2 Å². The Kier molecular flexibility index (Phi) is 42.4. The molecular formula is C17H30O9S6. The number of hydrogen-bond donors (Lipinski definition) is 0. The number of Topliss-reactive ketones (excluding diaryl/α,β-unsaturated/α-hetero) is 1. The van der Waals surface area contributed by atoms with Gasteiger partial charge in [-0.05, 0) is 49.3 Å². The van der Waals surface area contributed by atoms with E-state index < -0.39 is 11.1 Å². The van der Waals surface area contributed by atoms with E-state index in [1.54, 1.807) is 38.2 Å². The lowest BCUT2D eigenvalue weighted by atomic mass is 10.5. The van der Waals surface area contributed by atoms with E-state index in [9.17, 15) is 33.6 Å². The predicted molar refractivity (Wildman–Crippen MR) is 142 cm³/mol. The van der Waals surface area contributed by atoms with Crippen molar-refractivity contribution in [2.75, 3.05) is 51.8 Å². The van der Waals surface area contributed by atoms with Gasteiger partial charge < -0.3 is 9.47 Å². The van der Waals surface area contributed by atoms with E-state index in [-0.39, 0.29) is 25.8 Å². The van der Waals surface area contributed by atoms with Gasteiger partial charge in [0, 0.05) is 13.8 Å². The van der Waals surface area contributed by atoms with Crippen LogP contribution in [0.3, 0.4) is 0 Å². The number of thioether (sulfide) groups is 6. The minimum Gasteiger partial charge on any atom is -0.463 e. The summed E-state index contributed by atoms with van der Waals surface area (Å²) in [4.78, 5) is 70.3. The zero-order chi connectivity index (χ0) is 26.7. The summed E-state index contributed by atoms with van der Waals surface area (Å²) in [7, 11) is 2.54. The van der Waals surface area contributed by atoms with Crippen LogP contribution in [0.1, 0.15) is 13.8 Å². The lowest BCUT2D eigenvalue weighted by molar-refractivity contribution is -0.147. The van der Waals surface area contributed by atoms with Crippen LogP contribution in [-0.4, -0.2) is 88.6 Å². The number of methoxy groups -OCH3 is 2. The van der Waals surface area contributed by atoms with Crippen LogP contribution in [0, 0.1) is 0 Å². The van der Waals surface area contributed by atoms with Gasteiger partial charge in [-0.25, -0.2) is 9.59 Å². The fourth-order valence-corrected chi connectivity index (χ4v) is 1.85. The molecule has 0 spiro atoms. The van der Waals surface area contributed by atoms with Crippen molar-refractivity contribution in [2.24, 2.45) is 0 Å². The minimum absolute atomic E-state index is 0.171. The molecular weight excluding hydrogens is 541 g/mol. The molecule has 0 aliphatic heterocycles. The molecule has 0 atom stereocenters. The Morgan fingerprint density at radius 2 is 0.906 bits per heavy atom. The summed E-state index contributed by atoms with van der Waals surface area (Å²) < 4.78 is 8.49. The van der Waals surface area contributed by atoms with Gasteiger partial charge in [0.05, 0.1) is 14.2 Å². The van der Waals surface area contributed by atoms with Crippen molar-refractivity contribution in [2.45, 2.75) is 13.8 Å². The lowest BCUT2D eigenvalue weighted by Crippen LogP contribution is -2.10. The van der Waals surface area contributed by atoms with Crippen molar-refractivity contribution in [3.8, 4) is 0 Å². The first-order chi connectivity index (χ1) is 14.8.